The molecule has 4 nitrogen and oxygen atoms in total. The number of likely N-dealkylation sites (N-methyl/N-ethyl adjacent to an activating group) is 1. The van der Waals surface area contributed by atoms with Crippen LogP contribution >= 0.6 is 0 Å². The highest BCUT2D eigenvalue weighted by Gasteiger charge is 2.08. The highest BCUT2D eigenvalue weighted by atomic mass is 16.2. The Kier molecular flexibility index (Phi) is 4.45. The van der Waals surface area contributed by atoms with Gasteiger partial charge in [0.25, 0.3) is 0 Å². The first-order chi connectivity index (χ1) is 5.11. The molecule has 0 radical (unpaired) electrons. The van der Waals surface area contributed by atoms with Gasteiger partial charge in [-0.05, 0) is 0 Å². The summed E-state index contributed by atoms with van der Waals surface area (Å²) >= 11 is 0. The van der Waals surface area contributed by atoms with E-state index in [1.54, 1.807) is 14.0 Å². The first-order valence-electron chi connectivity index (χ1n) is 3.57. The Morgan fingerprint density at radius 2 is 2.00 bits per heavy atom. The summed E-state index contributed by atoms with van der Waals surface area (Å²) in [6, 6.07) is 0. The second-order valence-corrected chi connectivity index (χ2v) is 2.35. The highest BCUT2D eigenvalue weighted by molar-refractivity contribution is 5.86. The van der Waals surface area contributed by atoms with Crippen LogP contribution < -0.4 is 5.73 Å². The normalized spacial score (nSPS) is 9.36. The van der Waals surface area contributed by atoms with Gasteiger partial charge in [0, 0.05) is 13.5 Å². The van der Waals surface area contributed by atoms with Gasteiger partial charge in [0.1, 0.15) is 0 Å². The van der Waals surface area contributed by atoms with Crippen LogP contribution in [0.15, 0.2) is 0 Å². The van der Waals surface area contributed by atoms with Crippen LogP contribution in [0.4, 0.5) is 0 Å². The minimum absolute atomic E-state index is 0.0342. The standard InChI is InChI=1S/C7H14N2O2/c1-3-6(10)5-9(2)7(11)4-8/h3-5,8H2,1-2H3. The number of Topliss-reactive ketones (excluding diaryl/α,β-unsaturated/α-hetero) is 1. The molecule has 4 heteroatoms. The third kappa shape index (κ3) is 3.72. The Hall–Kier alpha value is -0.900. The van der Waals surface area contributed by atoms with Gasteiger partial charge in [-0.1, -0.05) is 6.92 Å². The first-order valence-corrected chi connectivity index (χ1v) is 3.57. The molecule has 0 bridgehead atoms. The molecule has 0 aromatic heterocycles. The van der Waals surface area contributed by atoms with Gasteiger partial charge in [-0.2, -0.15) is 0 Å². The molecule has 0 aliphatic heterocycles. The molecule has 0 aliphatic rings. The van der Waals surface area contributed by atoms with Crippen molar-refractivity contribution in [3.8, 4) is 0 Å². The van der Waals surface area contributed by atoms with Crippen molar-refractivity contribution in [2.75, 3.05) is 20.1 Å². The molecular weight excluding hydrogens is 144 g/mol. The second-order valence-electron chi connectivity index (χ2n) is 2.35. The molecular formula is C7H14N2O2. The highest BCUT2D eigenvalue weighted by Crippen LogP contribution is 1.87. The van der Waals surface area contributed by atoms with E-state index in [-0.39, 0.29) is 24.8 Å². The van der Waals surface area contributed by atoms with Crippen molar-refractivity contribution >= 4 is 11.7 Å². The Morgan fingerprint density at radius 1 is 1.45 bits per heavy atom. The van der Waals surface area contributed by atoms with E-state index in [4.69, 9.17) is 5.73 Å². The Morgan fingerprint density at radius 3 is 2.36 bits per heavy atom. The predicted octanol–water partition coefficient (Wildman–Crippen LogP) is -0.617. The third-order valence-electron chi connectivity index (χ3n) is 1.41. The monoisotopic (exact) mass is 158 g/mol. The summed E-state index contributed by atoms with van der Waals surface area (Å²) in [7, 11) is 1.57. The molecule has 0 aliphatic carbocycles. The molecule has 64 valence electrons. The largest absolute Gasteiger partial charge is 0.337 e. The van der Waals surface area contributed by atoms with E-state index >= 15 is 0 Å². The van der Waals surface area contributed by atoms with Crippen molar-refractivity contribution in [1.29, 1.82) is 0 Å². The fourth-order valence-corrected chi connectivity index (χ4v) is 0.620. The van der Waals surface area contributed by atoms with Gasteiger partial charge < -0.3 is 10.6 Å². The number of rotatable bonds is 4. The fraction of sp³-hybridized carbons (Fsp3) is 0.714. The van der Waals surface area contributed by atoms with Crippen LogP contribution in [0.5, 0.6) is 0 Å². The number of hydrogen-bond donors (Lipinski definition) is 1. The molecule has 1 amide bonds. The SMILES string of the molecule is CCC(=O)CN(C)C(=O)CN. The van der Waals surface area contributed by atoms with E-state index in [1.165, 1.54) is 4.90 Å². The molecule has 0 unspecified atom stereocenters. The molecule has 0 heterocycles. The lowest BCUT2D eigenvalue weighted by Gasteiger charge is -2.13. The van der Waals surface area contributed by atoms with Crippen molar-refractivity contribution in [2.24, 2.45) is 5.73 Å². The summed E-state index contributed by atoms with van der Waals surface area (Å²) in [6.45, 7) is 1.91. The number of amides is 1. The van der Waals surface area contributed by atoms with Gasteiger partial charge in [-0.15, -0.1) is 0 Å². The number of ketones is 1. The summed E-state index contributed by atoms with van der Waals surface area (Å²) < 4.78 is 0. The van der Waals surface area contributed by atoms with Crippen molar-refractivity contribution in [1.82, 2.24) is 4.90 Å². The molecule has 0 fully saturated rings. The second kappa shape index (κ2) is 4.85. The molecule has 0 atom stereocenters. The van der Waals surface area contributed by atoms with Gasteiger partial charge in [0.05, 0.1) is 13.1 Å². The molecule has 0 aromatic rings. The van der Waals surface area contributed by atoms with Crippen LogP contribution in [0.1, 0.15) is 13.3 Å². The van der Waals surface area contributed by atoms with Crippen molar-refractivity contribution < 1.29 is 9.59 Å². The van der Waals surface area contributed by atoms with Gasteiger partial charge in [0.15, 0.2) is 5.78 Å². The summed E-state index contributed by atoms with van der Waals surface area (Å²) in [5.41, 5.74) is 5.09. The van der Waals surface area contributed by atoms with Crippen molar-refractivity contribution in [2.45, 2.75) is 13.3 Å². The Bertz CT molecular complexity index is 157. The average molecular weight is 158 g/mol. The van der Waals surface area contributed by atoms with E-state index in [2.05, 4.69) is 0 Å². The number of nitrogens with zero attached hydrogens (tertiary/aromatic N) is 1. The summed E-state index contributed by atoms with van der Waals surface area (Å²) in [4.78, 5) is 23.0. The quantitative estimate of drug-likeness (QED) is 0.593. The number of hydrogen-bond acceptors (Lipinski definition) is 3. The third-order valence-corrected chi connectivity index (χ3v) is 1.41. The lowest BCUT2D eigenvalue weighted by Crippen LogP contribution is -2.36. The van der Waals surface area contributed by atoms with Gasteiger partial charge in [-0.25, -0.2) is 0 Å². The zero-order valence-electron chi connectivity index (χ0n) is 6.96. The van der Waals surface area contributed by atoms with E-state index in [0.29, 0.717) is 6.42 Å². The van der Waals surface area contributed by atoms with Gasteiger partial charge in [-0.3, -0.25) is 9.59 Å². The van der Waals surface area contributed by atoms with Crippen LogP contribution in [-0.2, 0) is 9.59 Å². The molecule has 0 rings (SSSR count). The first kappa shape index (κ1) is 10.1. The number of nitrogens with two attached hydrogens (primary N) is 1. The van der Waals surface area contributed by atoms with Gasteiger partial charge in [0.2, 0.25) is 5.91 Å². The number of carbonyl (C=O) groups is 2. The maximum atomic E-state index is 10.8. The van der Waals surface area contributed by atoms with Crippen molar-refractivity contribution in [3.05, 3.63) is 0 Å². The Labute approximate surface area is 66.4 Å². The van der Waals surface area contributed by atoms with E-state index in [9.17, 15) is 9.59 Å². The minimum atomic E-state index is -0.202. The molecule has 0 spiro atoms. The summed E-state index contributed by atoms with van der Waals surface area (Å²) in [6.07, 6.45) is 0.461. The van der Waals surface area contributed by atoms with Crippen LogP contribution in [-0.4, -0.2) is 36.7 Å². The molecule has 0 aromatic carbocycles. The smallest absolute Gasteiger partial charge is 0.236 e. The minimum Gasteiger partial charge on any atom is -0.337 e. The summed E-state index contributed by atoms with van der Waals surface area (Å²) in [5.74, 6) is -0.152. The predicted molar refractivity (Wildman–Crippen MR) is 42.0 cm³/mol. The zero-order valence-corrected chi connectivity index (χ0v) is 6.96. The van der Waals surface area contributed by atoms with Crippen LogP contribution in [0.2, 0.25) is 0 Å². The molecule has 0 saturated carbocycles. The maximum absolute atomic E-state index is 10.8. The van der Waals surface area contributed by atoms with E-state index in [1.807, 2.05) is 0 Å². The van der Waals surface area contributed by atoms with E-state index in [0.717, 1.165) is 0 Å². The zero-order chi connectivity index (χ0) is 8.85. The van der Waals surface area contributed by atoms with Gasteiger partial charge >= 0.3 is 0 Å². The van der Waals surface area contributed by atoms with E-state index < -0.39 is 0 Å². The maximum Gasteiger partial charge on any atom is 0.236 e. The molecule has 0 saturated heterocycles. The van der Waals surface area contributed by atoms with Crippen LogP contribution in [0, 0.1) is 0 Å². The average Bonchev–Trinajstić information content (AvgIpc) is 2.02. The Balaban J connectivity index is 3.77. The molecule has 11 heavy (non-hydrogen) atoms. The van der Waals surface area contributed by atoms with Crippen LogP contribution in [0.25, 0.3) is 0 Å². The topological polar surface area (TPSA) is 63.4 Å². The molecule has 2 N–H and O–H groups in total. The van der Waals surface area contributed by atoms with Crippen LogP contribution in [0.3, 0.4) is 0 Å². The lowest BCUT2D eigenvalue weighted by atomic mass is 10.3. The number of carbonyl (C=O) groups excluding carboxylic acids is 2. The van der Waals surface area contributed by atoms with Crippen molar-refractivity contribution in [3.63, 3.8) is 0 Å². The fourth-order valence-electron chi connectivity index (χ4n) is 0.620. The summed E-state index contributed by atoms with van der Waals surface area (Å²) in [5, 5.41) is 0. The lowest BCUT2D eigenvalue weighted by molar-refractivity contribution is -0.132.